The van der Waals surface area contributed by atoms with E-state index < -0.39 is 11.7 Å². The average Bonchev–Trinajstić information content (AvgIpc) is 3.39. The van der Waals surface area contributed by atoms with Crippen molar-refractivity contribution in [1.29, 1.82) is 0 Å². The zero-order valence-corrected chi connectivity index (χ0v) is 18.1. The molecule has 2 aliphatic heterocycles. The first-order valence-corrected chi connectivity index (χ1v) is 10.6. The lowest BCUT2D eigenvalue weighted by molar-refractivity contribution is -0.137. The first-order chi connectivity index (χ1) is 15.8. The van der Waals surface area contributed by atoms with Crippen LogP contribution in [0.15, 0.2) is 36.7 Å². The summed E-state index contributed by atoms with van der Waals surface area (Å²) in [4.78, 5) is 8.48. The number of rotatable bonds is 5. The molecule has 2 saturated heterocycles. The van der Waals surface area contributed by atoms with Crippen LogP contribution in [0.5, 0.6) is 11.5 Å². The highest BCUT2D eigenvalue weighted by atomic mass is 35.5. The Balaban J connectivity index is 1.46. The van der Waals surface area contributed by atoms with Crippen LogP contribution in [-0.4, -0.2) is 48.6 Å². The number of anilines is 2. The van der Waals surface area contributed by atoms with E-state index in [1.807, 2.05) is 0 Å². The molecule has 0 aliphatic carbocycles. The van der Waals surface area contributed by atoms with Crippen molar-refractivity contribution in [2.24, 2.45) is 0 Å². The molecule has 2 aromatic carbocycles. The molecule has 1 aromatic heterocycles. The number of hydrogen-bond acceptors (Lipinski definition) is 7. The van der Waals surface area contributed by atoms with Crippen LogP contribution in [0, 0.1) is 0 Å². The van der Waals surface area contributed by atoms with Gasteiger partial charge in [-0.25, -0.2) is 9.97 Å². The van der Waals surface area contributed by atoms with E-state index in [0.717, 1.165) is 12.5 Å². The summed E-state index contributed by atoms with van der Waals surface area (Å²) in [7, 11) is 1.50. The van der Waals surface area contributed by atoms with Gasteiger partial charge in [-0.3, -0.25) is 0 Å². The Hall–Kier alpha value is -2.82. The predicted octanol–water partition coefficient (Wildman–Crippen LogP) is 4.99. The minimum atomic E-state index is -4.58. The highest BCUT2D eigenvalue weighted by Gasteiger charge is 2.43. The van der Waals surface area contributed by atoms with Gasteiger partial charge in [-0.2, -0.15) is 13.2 Å². The van der Waals surface area contributed by atoms with E-state index in [1.54, 1.807) is 12.1 Å². The molecule has 33 heavy (non-hydrogen) atoms. The molecular formula is C22H19ClF3N3O4. The summed E-state index contributed by atoms with van der Waals surface area (Å²) >= 11 is 5.72. The normalized spacial score (nSPS) is 22.4. The lowest BCUT2D eigenvalue weighted by Gasteiger charge is -2.20. The molecule has 0 saturated carbocycles. The van der Waals surface area contributed by atoms with Crippen LogP contribution in [0.25, 0.3) is 10.9 Å². The number of aromatic nitrogens is 2. The van der Waals surface area contributed by atoms with E-state index in [1.165, 1.54) is 25.6 Å². The molecule has 174 valence electrons. The summed E-state index contributed by atoms with van der Waals surface area (Å²) in [5, 5.41) is 3.08. The van der Waals surface area contributed by atoms with Gasteiger partial charge in [0.15, 0.2) is 17.6 Å². The van der Waals surface area contributed by atoms with E-state index in [4.69, 9.17) is 30.5 Å². The molecular weight excluding hydrogens is 463 g/mol. The first-order valence-electron chi connectivity index (χ1n) is 10.2. The van der Waals surface area contributed by atoms with Gasteiger partial charge in [0, 0.05) is 23.7 Å². The highest BCUT2D eigenvalue weighted by molar-refractivity contribution is 6.31. The van der Waals surface area contributed by atoms with Gasteiger partial charge in [-0.05, 0) is 30.7 Å². The average molecular weight is 482 g/mol. The molecule has 0 radical (unpaired) electrons. The van der Waals surface area contributed by atoms with Crippen LogP contribution in [0.2, 0.25) is 5.02 Å². The van der Waals surface area contributed by atoms with Crippen LogP contribution in [0.4, 0.5) is 24.7 Å². The van der Waals surface area contributed by atoms with Crippen LogP contribution in [0.1, 0.15) is 12.0 Å². The first kappa shape index (κ1) is 22.0. The third-order valence-electron chi connectivity index (χ3n) is 5.65. The Kier molecular flexibility index (Phi) is 5.67. The van der Waals surface area contributed by atoms with Gasteiger partial charge in [0.2, 0.25) is 0 Å². The number of benzene rings is 2. The van der Waals surface area contributed by atoms with Crippen molar-refractivity contribution in [3.8, 4) is 11.5 Å². The van der Waals surface area contributed by atoms with E-state index in [-0.39, 0.29) is 29.0 Å². The van der Waals surface area contributed by atoms with Gasteiger partial charge in [-0.1, -0.05) is 11.6 Å². The molecule has 2 aliphatic rings. The van der Waals surface area contributed by atoms with Crippen molar-refractivity contribution >= 4 is 34.0 Å². The van der Waals surface area contributed by atoms with E-state index in [9.17, 15) is 13.2 Å². The largest absolute Gasteiger partial charge is 0.493 e. The van der Waals surface area contributed by atoms with Crippen molar-refractivity contribution < 1.29 is 32.1 Å². The van der Waals surface area contributed by atoms with Crippen molar-refractivity contribution in [3.63, 3.8) is 0 Å². The Morgan fingerprint density at radius 2 is 1.97 bits per heavy atom. The molecule has 3 heterocycles. The van der Waals surface area contributed by atoms with E-state index >= 15 is 0 Å². The van der Waals surface area contributed by atoms with Crippen LogP contribution in [-0.2, 0) is 15.7 Å². The maximum absolute atomic E-state index is 13.2. The number of alkyl halides is 3. The molecule has 0 spiro atoms. The third kappa shape index (κ3) is 4.25. The summed E-state index contributed by atoms with van der Waals surface area (Å²) < 4.78 is 62.8. The second-order valence-corrected chi connectivity index (χ2v) is 8.12. The molecule has 11 heteroatoms. The number of nitrogens with zero attached hydrogens (tertiary/aromatic N) is 2. The fourth-order valence-corrected chi connectivity index (χ4v) is 4.29. The standard InChI is InChI=1S/C22H19ClF3N3O4/c1-30-17-7-12-15(8-18(17)33-19-9-32-16-4-5-31-20(16)19)27-10-28-21(12)29-11-2-3-14(23)13(6-11)22(24,25)26/h2-3,6-8,10,16,19-20H,4-5,9H2,1H3,(H,27,28,29)/t16?,19-,20?/m1/s1. The summed E-state index contributed by atoms with van der Waals surface area (Å²) in [6, 6.07) is 6.94. The smallest absolute Gasteiger partial charge is 0.417 e. The number of nitrogens with one attached hydrogen (secondary N) is 1. The van der Waals surface area contributed by atoms with Gasteiger partial charge >= 0.3 is 6.18 Å². The molecule has 2 unspecified atom stereocenters. The number of fused-ring (bicyclic) bond motifs is 2. The lowest BCUT2D eigenvalue weighted by atomic mass is 10.1. The molecule has 5 rings (SSSR count). The fourth-order valence-electron chi connectivity index (χ4n) is 4.07. The molecule has 0 bridgehead atoms. The van der Waals surface area contributed by atoms with Gasteiger partial charge in [0.1, 0.15) is 18.2 Å². The highest BCUT2D eigenvalue weighted by Crippen LogP contribution is 2.39. The van der Waals surface area contributed by atoms with Gasteiger partial charge in [0.25, 0.3) is 0 Å². The predicted molar refractivity (Wildman–Crippen MR) is 114 cm³/mol. The maximum Gasteiger partial charge on any atom is 0.417 e. The quantitative estimate of drug-likeness (QED) is 0.550. The van der Waals surface area contributed by atoms with E-state index in [2.05, 4.69) is 15.3 Å². The SMILES string of the molecule is COc1cc2c(Nc3ccc(Cl)c(C(F)(F)F)c3)ncnc2cc1O[C@@H]1COC2CCOC21. The molecule has 2 fully saturated rings. The minimum Gasteiger partial charge on any atom is -0.493 e. The number of halogens is 4. The molecule has 7 nitrogen and oxygen atoms in total. The second kappa shape index (κ2) is 8.51. The zero-order chi connectivity index (χ0) is 23.2. The summed E-state index contributed by atoms with van der Waals surface area (Å²) in [6.45, 7) is 1.04. The summed E-state index contributed by atoms with van der Waals surface area (Å²) in [5.41, 5.74) is -0.235. The minimum absolute atomic E-state index is 0.0283. The number of methoxy groups -OCH3 is 1. The Bertz CT molecular complexity index is 1190. The third-order valence-corrected chi connectivity index (χ3v) is 5.98. The molecule has 1 N–H and O–H groups in total. The Labute approximate surface area is 191 Å². The molecule has 0 amide bonds. The van der Waals surface area contributed by atoms with Crippen molar-refractivity contribution in [2.45, 2.75) is 30.9 Å². The topological polar surface area (TPSA) is 74.7 Å². The lowest BCUT2D eigenvalue weighted by Crippen LogP contribution is -2.32. The van der Waals surface area contributed by atoms with E-state index in [0.29, 0.717) is 41.4 Å². The number of hydrogen-bond donors (Lipinski definition) is 1. The Morgan fingerprint density at radius 1 is 1.12 bits per heavy atom. The van der Waals surface area contributed by atoms with Gasteiger partial charge < -0.3 is 24.3 Å². The van der Waals surface area contributed by atoms with Gasteiger partial charge in [0.05, 0.1) is 35.9 Å². The zero-order valence-electron chi connectivity index (χ0n) is 17.4. The van der Waals surface area contributed by atoms with Crippen LogP contribution >= 0.6 is 11.6 Å². The number of ether oxygens (including phenoxy) is 4. The fraction of sp³-hybridized carbons (Fsp3) is 0.364. The van der Waals surface area contributed by atoms with Crippen molar-refractivity contribution in [3.05, 3.63) is 47.2 Å². The maximum atomic E-state index is 13.2. The Morgan fingerprint density at radius 3 is 2.76 bits per heavy atom. The van der Waals surface area contributed by atoms with Gasteiger partial charge in [-0.15, -0.1) is 0 Å². The van der Waals surface area contributed by atoms with Crippen molar-refractivity contribution in [2.75, 3.05) is 25.6 Å². The summed E-state index contributed by atoms with van der Waals surface area (Å²) in [5.74, 6) is 1.20. The monoisotopic (exact) mass is 481 g/mol. The summed E-state index contributed by atoms with van der Waals surface area (Å²) in [6.07, 6.45) is -2.82. The molecule has 3 aromatic rings. The van der Waals surface area contributed by atoms with Crippen LogP contribution in [0.3, 0.4) is 0 Å². The van der Waals surface area contributed by atoms with Crippen molar-refractivity contribution in [1.82, 2.24) is 9.97 Å². The second-order valence-electron chi connectivity index (χ2n) is 7.71. The molecule has 3 atom stereocenters. The van der Waals surface area contributed by atoms with Crippen LogP contribution < -0.4 is 14.8 Å².